The minimum absolute atomic E-state index is 0.727. The molecule has 0 aliphatic rings. The van der Waals surface area contributed by atoms with Crippen molar-refractivity contribution in [1.29, 1.82) is 0 Å². The fourth-order valence-electron chi connectivity index (χ4n) is 2.10. The van der Waals surface area contributed by atoms with Crippen LogP contribution in [-0.4, -0.2) is 14.6 Å². The van der Waals surface area contributed by atoms with Crippen molar-refractivity contribution in [2.45, 2.75) is 19.8 Å². The van der Waals surface area contributed by atoms with Gasteiger partial charge in [-0.25, -0.2) is 9.50 Å². The lowest BCUT2D eigenvalue weighted by molar-refractivity contribution is 0.770. The van der Waals surface area contributed by atoms with E-state index in [1.165, 1.54) is 0 Å². The molecule has 0 spiro atoms. The van der Waals surface area contributed by atoms with Crippen molar-refractivity contribution in [3.63, 3.8) is 0 Å². The molecule has 0 N–H and O–H groups in total. The van der Waals surface area contributed by atoms with Gasteiger partial charge in [0.25, 0.3) is 0 Å². The van der Waals surface area contributed by atoms with E-state index >= 15 is 0 Å². The highest BCUT2D eigenvalue weighted by molar-refractivity contribution is 6.31. The van der Waals surface area contributed by atoms with Crippen LogP contribution in [0.4, 0.5) is 0 Å². The summed E-state index contributed by atoms with van der Waals surface area (Å²) < 4.78 is 1.90. The van der Waals surface area contributed by atoms with Gasteiger partial charge >= 0.3 is 0 Å². The summed E-state index contributed by atoms with van der Waals surface area (Å²) in [6.45, 7) is 2.14. The summed E-state index contributed by atoms with van der Waals surface area (Å²) in [6, 6.07) is 7.78. The van der Waals surface area contributed by atoms with Gasteiger partial charge in [0.15, 0.2) is 0 Å². The van der Waals surface area contributed by atoms with E-state index in [4.69, 9.17) is 11.6 Å². The van der Waals surface area contributed by atoms with Crippen LogP contribution in [0.1, 0.15) is 19.2 Å². The number of aromatic nitrogens is 3. The number of benzene rings is 1. The van der Waals surface area contributed by atoms with Crippen LogP contribution in [0.15, 0.2) is 30.5 Å². The van der Waals surface area contributed by atoms with Crippen molar-refractivity contribution in [3.8, 4) is 0 Å². The lowest BCUT2D eigenvalue weighted by Crippen LogP contribution is -2.02. The van der Waals surface area contributed by atoms with Crippen LogP contribution in [0.5, 0.6) is 0 Å². The second-order valence-corrected chi connectivity index (χ2v) is 4.50. The summed E-state index contributed by atoms with van der Waals surface area (Å²) >= 11 is 6.03. The van der Waals surface area contributed by atoms with Crippen molar-refractivity contribution in [3.05, 3.63) is 41.3 Å². The van der Waals surface area contributed by atoms with Crippen LogP contribution in [-0.2, 0) is 6.42 Å². The third-order valence-corrected chi connectivity index (χ3v) is 3.08. The van der Waals surface area contributed by atoms with E-state index in [2.05, 4.69) is 17.0 Å². The minimum atomic E-state index is 0.727. The molecule has 0 amide bonds. The summed E-state index contributed by atoms with van der Waals surface area (Å²) in [4.78, 5) is 4.65. The normalized spacial score (nSPS) is 11.4. The van der Waals surface area contributed by atoms with Crippen molar-refractivity contribution in [2.75, 3.05) is 0 Å². The molecule has 1 aromatic carbocycles. The SMILES string of the molecule is CCCc1nc2ccc(Cl)cc2c2ccnn12. The second kappa shape index (κ2) is 4.00. The standard InChI is InChI=1S/C13H12ClN3/c1-2-3-13-16-11-5-4-9(14)8-10(11)12-6-7-15-17(12)13/h4-8H,2-3H2,1H3. The third-order valence-electron chi connectivity index (χ3n) is 2.84. The van der Waals surface area contributed by atoms with Crippen LogP contribution in [0.2, 0.25) is 5.02 Å². The molecule has 3 rings (SSSR count). The first-order valence-corrected chi connectivity index (χ1v) is 6.09. The third kappa shape index (κ3) is 1.67. The summed E-state index contributed by atoms with van der Waals surface area (Å²) in [6.07, 6.45) is 3.79. The Labute approximate surface area is 104 Å². The highest BCUT2D eigenvalue weighted by Crippen LogP contribution is 2.23. The monoisotopic (exact) mass is 245 g/mol. The van der Waals surface area contributed by atoms with Gasteiger partial charge in [-0.05, 0) is 30.7 Å². The molecule has 0 radical (unpaired) electrons. The van der Waals surface area contributed by atoms with E-state index in [1.54, 1.807) is 6.20 Å². The number of fused-ring (bicyclic) bond motifs is 3. The average Bonchev–Trinajstić information content (AvgIpc) is 2.80. The number of hydrogen-bond acceptors (Lipinski definition) is 2. The van der Waals surface area contributed by atoms with Crippen LogP contribution in [0, 0.1) is 0 Å². The largest absolute Gasteiger partial charge is 0.233 e. The Morgan fingerprint density at radius 1 is 1.29 bits per heavy atom. The van der Waals surface area contributed by atoms with Gasteiger partial charge < -0.3 is 0 Å². The summed E-state index contributed by atoms with van der Waals surface area (Å²) in [5, 5.41) is 6.11. The zero-order valence-corrected chi connectivity index (χ0v) is 10.3. The molecule has 4 heteroatoms. The maximum Gasteiger partial charge on any atom is 0.131 e. The molecule has 3 aromatic rings. The first-order valence-electron chi connectivity index (χ1n) is 5.71. The Bertz CT molecular complexity index is 688. The molecule has 86 valence electrons. The second-order valence-electron chi connectivity index (χ2n) is 4.07. The van der Waals surface area contributed by atoms with E-state index < -0.39 is 0 Å². The van der Waals surface area contributed by atoms with Crippen molar-refractivity contribution in [1.82, 2.24) is 14.6 Å². The van der Waals surface area contributed by atoms with E-state index in [-0.39, 0.29) is 0 Å². The van der Waals surface area contributed by atoms with Crippen LogP contribution < -0.4 is 0 Å². The van der Waals surface area contributed by atoms with E-state index in [1.807, 2.05) is 28.8 Å². The molecule has 0 unspecified atom stereocenters. The van der Waals surface area contributed by atoms with Crippen molar-refractivity contribution >= 4 is 28.0 Å². The molecular weight excluding hydrogens is 234 g/mol. The number of rotatable bonds is 2. The van der Waals surface area contributed by atoms with Gasteiger partial charge in [0.1, 0.15) is 5.82 Å². The molecule has 17 heavy (non-hydrogen) atoms. The van der Waals surface area contributed by atoms with E-state index in [0.717, 1.165) is 40.1 Å². The molecule has 0 saturated heterocycles. The molecule has 3 nitrogen and oxygen atoms in total. The van der Waals surface area contributed by atoms with Gasteiger partial charge in [-0.1, -0.05) is 18.5 Å². The lowest BCUT2D eigenvalue weighted by atomic mass is 10.2. The molecule has 2 heterocycles. The van der Waals surface area contributed by atoms with Crippen LogP contribution in [0.25, 0.3) is 16.4 Å². The Morgan fingerprint density at radius 2 is 2.18 bits per heavy atom. The highest BCUT2D eigenvalue weighted by Gasteiger charge is 2.08. The van der Waals surface area contributed by atoms with Gasteiger partial charge in [0.2, 0.25) is 0 Å². The molecular formula is C13H12ClN3. The number of hydrogen-bond donors (Lipinski definition) is 0. The molecule has 0 saturated carbocycles. The van der Waals surface area contributed by atoms with E-state index in [0.29, 0.717) is 0 Å². The molecule has 0 bridgehead atoms. The van der Waals surface area contributed by atoms with Gasteiger partial charge in [-0.15, -0.1) is 0 Å². The summed E-state index contributed by atoms with van der Waals surface area (Å²) in [5.41, 5.74) is 2.05. The fourth-order valence-corrected chi connectivity index (χ4v) is 2.27. The molecule has 0 aliphatic carbocycles. The Hall–Kier alpha value is -1.61. The van der Waals surface area contributed by atoms with Gasteiger partial charge in [0.05, 0.1) is 17.2 Å². The smallest absolute Gasteiger partial charge is 0.131 e. The number of halogens is 1. The summed E-state index contributed by atoms with van der Waals surface area (Å²) in [7, 11) is 0. The van der Waals surface area contributed by atoms with Gasteiger partial charge in [0, 0.05) is 16.8 Å². The number of aryl methyl sites for hydroxylation is 1. The van der Waals surface area contributed by atoms with Crippen molar-refractivity contribution < 1.29 is 0 Å². The Morgan fingerprint density at radius 3 is 3.00 bits per heavy atom. The molecule has 2 aromatic heterocycles. The Kier molecular flexibility index (Phi) is 2.48. The minimum Gasteiger partial charge on any atom is -0.233 e. The number of nitrogens with zero attached hydrogens (tertiary/aromatic N) is 3. The zero-order valence-electron chi connectivity index (χ0n) is 9.52. The van der Waals surface area contributed by atoms with Crippen LogP contribution >= 0.6 is 11.6 Å². The Balaban J connectivity index is 2.42. The molecule has 0 atom stereocenters. The average molecular weight is 246 g/mol. The first-order chi connectivity index (χ1) is 8.29. The zero-order chi connectivity index (χ0) is 11.8. The molecule has 0 aliphatic heterocycles. The fraction of sp³-hybridized carbons (Fsp3) is 0.231. The first kappa shape index (κ1) is 10.5. The van der Waals surface area contributed by atoms with Gasteiger partial charge in [-0.2, -0.15) is 5.10 Å². The van der Waals surface area contributed by atoms with Crippen LogP contribution in [0.3, 0.4) is 0 Å². The highest BCUT2D eigenvalue weighted by atomic mass is 35.5. The summed E-state index contributed by atoms with van der Waals surface area (Å²) in [5.74, 6) is 1.00. The predicted molar refractivity (Wildman–Crippen MR) is 69.5 cm³/mol. The maximum atomic E-state index is 6.03. The van der Waals surface area contributed by atoms with E-state index in [9.17, 15) is 0 Å². The quantitative estimate of drug-likeness (QED) is 0.692. The lowest BCUT2D eigenvalue weighted by Gasteiger charge is -2.06. The molecule has 0 fully saturated rings. The topological polar surface area (TPSA) is 30.2 Å². The van der Waals surface area contributed by atoms with Crippen molar-refractivity contribution in [2.24, 2.45) is 0 Å². The maximum absolute atomic E-state index is 6.03. The van der Waals surface area contributed by atoms with Gasteiger partial charge in [-0.3, -0.25) is 0 Å². The predicted octanol–water partition coefficient (Wildman–Crippen LogP) is 3.49.